The van der Waals surface area contributed by atoms with Gasteiger partial charge in [0.2, 0.25) is 0 Å². The summed E-state index contributed by atoms with van der Waals surface area (Å²) in [5, 5.41) is 10.5. The molecule has 0 atom stereocenters. The van der Waals surface area contributed by atoms with Crippen molar-refractivity contribution in [2.24, 2.45) is 0 Å². The van der Waals surface area contributed by atoms with Crippen molar-refractivity contribution in [3.8, 4) is 5.75 Å². The van der Waals surface area contributed by atoms with Gasteiger partial charge in [0, 0.05) is 5.56 Å². The van der Waals surface area contributed by atoms with Crippen LogP contribution in [0.4, 0.5) is 0 Å². The van der Waals surface area contributed by atoms with Gasteiger partial charge >= 0.3 is 0 Å². The van der Waals surface area contributed by atoms with Gasteiger partial charge in [-0.05, 0) is 55.7 Å². The minimum atomic E-state index is -0.992. The first-order valence-electron chi connectivity index (χ1n) is 7.51. The van der Waals surface area contributed by atoms with Crippen LogP contribution in [0.2, 0.25) is 0 Å². The number of hydrogen-bond acceptors (Lipinski definition) is 3. The van der Waals surface area contributed by atoms with E-state index in [4.69, 9.17) is 4.74 Å². The van der Waals surface area contributed by atoms with Crippen LogP contribution in [0.5, 0.6) is 5.75 Å². The van der Waals surface area contributed by atoms with Gasteiger partial charge in [-0.1, -0.05) is 36.4 Å². The van der Waals surface area contributed by atoms with E-state index in [1.54, 1.807) is 40.0 Å². The number of methoxy groups -OCH3 is 1. The first-order chi connectivity index (χ1) is 10.8. The number of Topliss-reactive ketones (excluding diaryl/α,β-unsaturated/α-hetero) is 1. The highest BCUT2D eigenvalue weighted by Gasteiger charge is 2.21. The summed E-state index contributed by atoms with van der Waals surface area (Å²) in [4.78, 5) is 11.4. The number of benzene rings is 2. The largest absolute Gasteiger partial charge is 0.497 e. The number of ketones is 1. The smallest absolute Gasteiger partial charge is 0.159 e. The van der Waals surface area contributed by atoms with Crippen LogP contribution in [0.15, 0.2) is 48.5 Å². The van der Waals surface area contributed by atoms with E-state index in [0.29, 0.717) is 5.56 Å². The van der Waals surface area contributed by atoms with Crippen molar-refractivity contribution < 1.29 is 14.6 Å². The molecule has 2 aromatic carbocycles. The third-order valence-electron chi connectivity index (χ3n) is 3.69. The van der Waals surface area contributed by atoms with Crippen LogP contribution in [-0.2, 0) is 0 Å². The van der Waals surface area contributed by atoms with E-state index in [9.17, 15) is 9.90 Å². The molecule has 0 spiro atoms. The summed E-state index contributed by atoms with van der Waals surface area (Å²) in [5.74, 6) is 0.813. The summed E-state index contributed by atoms with van der Waals surface area (Å²) >= 11 is 0. The molecule has 0 fully saturated rings. The molecule has 0 saturated heterocycles. The van der Waals surface area contributed by atoms with Gasteiger partial charge in [-0.15, -0.1) is 0 Å². The van der Waals surface area contributed by atoms with Gasteiger partial charge in [0.25, 0.3) is 0 Å². The van der Waals surface area contributed by atoms with Crippen LogP contribution in [0.1, 0.15) is 42.3 Å². The molecule has 0 aliphatic heterocycles. The zero-order valence-electron chi connectivity index (χ0n) is 14.0. The van der Waals surface area contributed by atoms with Crippen LogP contribution in [0, 0.1) is 0 Å². The van der Waals surface area contributed by atoms with Crippen molar-refractivity contribution in [1.82, 2.24) is 0 Å². The van der Waals surface area contributed by atoms with Crippen molar-refractivity contribution in [1.29, 1.82) is 0 Å². The maximum absolute atomic E-state index is 11.4. The summed E-state index contributed by atoms with van der Waals surface area (Å²) in [7, 11) is 1.62. The van der Waals surface area contributed by atoms with Crippen LogP contribution in [0.25, 0.3) is 11.6 Å². The molecule has 0 unspecified atom stereocenters. The Morgan fingerprint density at radius 2 is 1.52 bits per heavy atom. The van der Waals surface area contributed by atoms with E-state index < -0.39 is 5.60 Å². The van der Waals surface area contributed by atoms with Gasteiger partial charge in [0.05, 0.1) is 12.7 Å². The molecule has 0 aromatic heterocycles. The number of carbonyl (C=O) groups excluding carboxylic acids is 1. The number of hydrogen-bond donors (Lipinski definition) is 1. The highest BCUT2D eigenvalue weighted by molar-refractivity contribution is 5.94. The average Bonchev–Trinajstić information content (AvgIpc) is 2.52. The van der Waals surface area contributed by atoms with Crippen LogP contribution >= 0.6 is 0 Å². The Balaban J connectivity index is 2.43. The average molecular weight is 310 g/mol. The minimum Gasteiger partial charge on any atom is -0.497 e. The van der Waals surface area contributed by atoms with Crippen molar-refractivity contribution in [3.63, 3.8) is 0 Å². The topological polar surface area (TPSA) is 46.5 Å². The second-order valence-corrected chi connectivity index (χ2v) is 6.02. The fourth-order valence-electron chi connectivity index (χ4n) is 2.36. The molecule has 1 N–H and O–H groups in total. The van der Waals surface area contributed by atoms with E-state index >= 15 is 0 Å². The Labute approximate surface area is 137 Å². The summed E-state index contributed by atoms with van der Waals surface area (Å²) in [6.45, 7) is 5.06. The molecule has 120 valence electrons. The Morgan fingerprint density at radius 1 is 1.00 bits per heavy atom. The van der Waals surface area contributed by atoms with Gasteiger partial charge in [0.1, 0.15) is 5.75 Å². The van der Waals surface area contributed by atoms with Crippen LogP contribution < -0.4 is 4.74 Å². The molecule has 3 heteroatoms. The number of rotatable bonds is 5. The third-order valence-corrected chi connectivity index (χ3v) is 3.69. The van der Waals surface area contributed by atoms with Crippen molar-refractivity contribution in [2.75, 3.05) is 7.11 Å². The lowest BCUT2D eigenvalue weighted by molar-refractivity contribution is 0.101. The van der Waals surface area contributed by atoms with Crippen molar-refractivity contribution in [3.05, 3.63) is 65.2 Å². The molecule has 0 aliphatic carbocycles. The molecule has 0 saturated carbocycles. The van der Waals surface area contributed by atoms with Gasteiger partial charge < -0.3 is 9.84 Å². The Bertz CT molecular complexity index is 702. The van der Waals surface area contributed by atoms with E-state index in [1.807, 2.05) is 42.5 Å². The lowest BCUT2D eigenvalue weighted by Crippen LogP contribution is -2.20. The first kappa shape index (κ1) is 17.0. The molecule has 0 aliphatic rings. The SMILES string of the molecule is COc1ccc(/C(=C/c2ccc(C(C)=O)cc2)C(C)(C)O)cc1. The van der Waals surface area contributed by atoms with E-state index in [0.717, 1.165) is 22.4 Å². The standard InChI is InChI=1S/C20H22O3/c1-14(21)16-7-5-15(6-8-16)13-19(20(2,3)22)17-9-11-18(23-4)12-10-17/h5-13,22H,1-4H3/b19-13-. The zero-order valence-corrected chi connectivity index (χ0v) is 14.0. The summed E-state index contributed by atoms with van der Waals surface area (Å²) in [6.07, 6.45) is 1.94. The number of carbonyl (C=O) groups is 1. The second kappa shape index (κ2) is 6.80. The predicted molar refractivity (Wildman–Crippen MR) is 93.6 cm³/mol. The van der Waals surface area contributed by atoms with Crippen molar-refractivity contribution >= 4 is 17.4 Å². The van der Waals surface area contributed by atoms with Gasteiger partial charge in [0.15, 0.2) is 5.78 Å². The normalized spacial score (nSPS) is 12.1. The van der Waals surface area contributed by atoms with E-state index in [-0.39, 0.29) is 5.78 Å². The second-order valence-electron chi connectivity index (χ2n) is 6.02. The molecule has 0 heterocycles. The molecule has 0 radical (unpaired) electrons. The Morgan fingerprint density at radius 3 is 1.96 bits per heavy atom. The Hall–Kier alpha value is -2.39. The zero-order chi connectivity index (χ0) is 17.0. The maximum Gasteiger partial charge on any atom is 0.159 e. The van der Waals surface area contributed by atoms with Crippen molar-refractivity contribution in [2.45, 2.75) is 26.4 Å². The fraction of sp³-hybridized carbons (Fsp3) is 0.250. The van der Waals surface area contributed by atoms with Gasteiger partial charge in [-0.2, -0.15) is 0 Å². The predicted octanol–water partition coefficient (Wildman–Crippen LogP) is 4.21. The number of ether oxygens (including phenoxy) is 1. The Kier molecular flexibility index (Phi) is 5.02. The van der Waals surface area contributed by atoms with E-state index in [2.05, 4.69) is 0 Å². The summed E-state index contributed by atoms with van der Waals surface area (Å²) < 4.78 is 5.17. The number of aliphatic hydroxyl groups is 1. The van der Waals surface area contributed by atoms with Gasteiger partial charge in [-0.3, -0.25) is 4.79 Å². The van der Waals surface area contributed by atoms with E-state index in [1.165, 1.54) is 0 Å². The molecule has 2 aromatic rings. The molecular formula is C20H22O3. The molecule has 3 nitrogen and oxygen atoms in total. The summed E-state index contributed by atoms with van der Waals surface area (Å²) in [5.41, 5.74) is 2.34. The highest BCUT2D eigenvalue weighted by Crippen LogP contribution is 2.30. The highest BCUT2D eigenvalue weighted by atomic mass is 16.5. The molecule has 0 amide bonds. The lowest BCUT2D eigenvalue weighted by Gasteiger charge is -2.22. The maximum atomic E-state index is 11.4. The molecule has 2 rings (SSSR count). The minimum absolute atomic E-state index is 0.0402. The van der Waals surface area contributed by atoms with Crippen LogP contribution in [-0.4, -0.2) is 23.6 Å². The van der Waals surface area contributed by atoms with Crippen LogP contribution in [0.3, 0.4) is 0 Å². The quantitative estimate of drug-likeness (QED) is 0.664. The molecule has 0 bridgehead atoms. The monoisotopic (exact) mass is 310 g/mol. The molecule has 23 heavy (non-hydrogen) atoms. The fourth-order valence-corrected chi connectivity index (χ4v) is 2.36. The van der Waals surface area contributed by atoms with Gasteiger partial charge in [-0.25, -0.2) is 0 Å². The first-order valence-corrected chi connectivity index (χ1v) is 7.51. The lowest BCUT2D eigenvalue weighted by atomic mass is 9.89. The summed E-state index contributed by atoms with van der Waals surface area (Å²) in [6, 6.07) is 14.9. The molecular weight excluding hydrogens is 288 g/mol. The third kappa shape index (κ3) is 4.30.